The van der Waals surface area contributed by atoms with E-state index >= 15 is 0 Å². The Morgan fingerprint density at radius 1 is 1.54 bits per heavy atom. The molecule has 13 heavy (non-hydrogen) atoms. The Labute approximate surface area is 81.1 Å². The number of hydrogen-bond donors (Lipinski definition) is 1. The average Bonchev–Trinajstić information content (AvgIpc) is 2.06. The lowest BCUT2D eigenvalue weighted by molar-refractivity contribution is -0.123. The van der Waals surface area contributed by atoms with Crippen molar-refractivity contribution in [2.45, 2.75) is 39.5 Å². The highest BCUT2D eigenvalue weighted by Crippen LogP contribution is 2.30. The smallest absolute Gasteiger partial charge is 0.137 e. The Kier molecular flexibility index (Phi) is 4.43. The predicted molar refractivity (Wildman–Crippen MR) is 54.7 cm³/mol. The lowest BCUT2D eigenvalue weighted by Crippen LogP contribution is -2.28. The van der Waals surface area contributed by atoms with E-state index in [9.17, 15) is 4.79 Å². The normalized spacial score (nSPS) is 19.5. The molecule has 0 aromatic carbocycles. The van der Waals surface area contributed by atoms with E-state index in [4.69, 9.17) is 0 Å². The van der Waals surface area contributed by atoms with Crippen LogP contribution in [0.15, 0.2) is 0 Å². The second-order valence-corrected chi connectivity index (χ2v) is 4.18. The minimum atomic E-state index is 0.209. The maximum atomic E-state index is 11.6. The fraction of sp³-hybridized carbons (Fsp3) is 0.909. The standard InChI is InChI=1S/C11H21NO/c1-3-12-8-9(2)11(13)7-10-5-4-6-10/h9-10,12H,3-8H2,1-2H3. The third-order valence-electron chi connectivity index (χ3n) is 2.96. The summed E-state index contributed by atoms with van der Waals surface area (Å²) in [4.78, 5) is 11.6. The van der Waals surface area contributed by atoms with Gasteiger partial charge in [-0.15, -0.1) is 0 Å². The van der Waals surface area contributed by atoms with E-state index in [1.54, 1.807) is 0 Å². The Hall–Kier alpha value is -0.370. The molecule has 1 unspecified atom stereocenters. The third kappa shape index (κ3) is 3.47. The van der Waals surface area contributed by atoms with Crippen LogP contribution in [-0.2, 0) is 4.79 Å². The van der Waals surface area contributed by atoms with E-state index in [-0.39, 0.29) is 5.92 Å². The number of ketones is 1. The molecule has 1 rings (SSSR count). The van der Waals surface area contributed by atoms with Crippen LogP contribution < -0.4 is 5.32 Å². The van der Waals surface area contributed by atoms with Crippen molar-refractivity contribution in [2.24, 2.45) is 11.8 Å². The molecule has 1 aliphatic rings. The summed E-state index contributed by atoms with van der Waals surface area (Å²) < 4.78 is 0. The van der Waals surface area contributed by atoms with Gasteiger partial charge in [0.15, 0.2) is 0 Å². The molecule has 0 heterocycles. The molecule has 76 valence electrons. The Morgan fingerprint density at radius 2 is 2.23 bits per heavy atom. The lowest BCUT2D eigenvalue weighted by Gasteiger charge is -2.25. The van der Waals surface area contributed by atoms with Gasteiger partial charge in [0.25, 0.3) is 0 Å². The van der Waals surface area contributed by atoms with Crippen molar-refractivity contribution < 1.29 is 4.79 Å². The highest BCUT2D eigenvalue weighted by Gasteiger charge is 2.22. The second kappa shape index (κ2) is 5.38. The molecule has 1 N–H and O–H groups in total. The summed E-state index contributed by atoms with van der Waals surface area (Å²) in [7, 11) is 0. The Balaban J connectivity index is 2.13. The Morgan fingerprint density at radius 3 is 2.69 bits per heavy atom. The summed E-state index contributed by atoms with van der Waals surface area (Å²) >= 11 is 0. The van der Waals surface area contributed by atoms with Crippen LogP contribution in [-0.4, -0.2) is 18.9 Å². The summed E-state index contributed by atoms with van der Waals surface area (Å²) in [6, 6.07) is 0. The molecule has 0 aliphatic heterocycles. The van der Waals surface area contributed by atoms with Crippen molar-refractivity contribution in [3.63, 3.8) is 0 Å². The molecule has 1 atom stereocenters. The van der Waals surface area contributed by atoms with Gasteiger partial charge < -0.3 is 5.32 Å². The summed E-state index contributed by atoms with van der Waals surface area (Å²) in [5, 5.41) is 3.22. The number of hydrogen-bond acceptors (Lipinski definition) is 2. The summed E-state index contributed by atoms with van der Waals surface area (Å²) in [5.41, 5.74) is 0. The summed E-state index contributed by atoms with van der Waals surface area (Å²) in [5.74, 6) is 1.38. The molecule has 2 heteroatoms. The van der Waals surface area contributed by atoms with Crippen molar-refractivity contribution in [1.82, 2.24) is 5.32 Å². The number of carbonyl (C=O) groups excluding carboxylic acids is 1. The van der Waals surface area contributed by atoms with Crippen molar-refractivity contribution in [3.05, 3.63) is 0 Å². The topological polar surface area (TPSA) is 29.1 Å². The first kappa shape index (κ1) is 10.7. The molecule has 0 bridgehead atoms. The number of Topliss-reactive ketones (excluding diaryl/α,β-unsaturated/α-hetero) is 1. The summed E-state index contributed by atoms with van der Waals surface area (Å²) in [6.45, 7) is 5.91. The first-order chi connectivity index (χ1) is 6.24. The molecule has 0 radical (unpaired) electrons. The summed E-state index contributed by atoms with van der Waals surface area (Å²) in [6.07, 6.45) is 4.71. The van der Waals surface area contributed by atoms with Crippen LogP contribution in [0.3, 0.4) is 0 Å². The van der Waals surface area contributed by atoms with Crippen LogP contribution in [0, 0.1) is 11.8 Å². The fourth-order valence-corrected chi connectivity index (χ4v) is 1.66. The highest BCUT2D eigenvalue weighted by atomic mass is 16.1. The average molecular weight is 183 g/mol. The third-order valence-corrected chi connectivity index (χ3v) is 2.96. The maximum Gasteiger partial charge on any atom is 0.137 e. The van der Waals surface area contributed by atoms with Gasteiger partial charge in [0.1, 0.15) is 5.78 Å². The van der Waals surface area contributed by atoms with Crippen LogP contribution in [0.1, 0.15) is 39.5 Å². The molecular formula is C11H21NO. The monoisotopic (exact) mass is 183 g/mol. The highest BCUT2D eigenvalue weighted by molar-refractivity contribution is 5.81. The van der Waals surface area contributed by atoms with E-state index in [1.165, 1.54) is 19.3 Å². The van der Waals surface area contributed by atoms with Gasteiger partial charge in [-0.2, -0.15) is 0 Å². The van der Waals surface area contributed by atoms with Gasteiger partial charge >= 0.3 is 0 Å². The van der Waals surface area contributed by atoms with E-state index in [2.05, 4.69) is 12.2 Å². The first-order valence-electron chi connectivity index (χ1n) is 5.47. The van der Waals surface area contributed by atoms with Gasteiger partial charge in [-0.1, -0.05) is 33.1 Å². The van der Waals surface area contributed by atoms with Crippen LogP contribution in [0.2, 0.25) is 0 Å². The van der Waals surface area contributed by atoms with Gasteiger partial charge in [-0.05, 0) is 12.5 Å². The molecule has 2 nitrogen and oxygen atoms in total. The van der Waals surface area contributed by atoms with Gasteiger partial charge in [0.05, 0.1) is 0 Å². The maximum absolute atomic E-state index is 11.6. The van der Waals surface area contributed by atoms with Gasteiger partial charge in [-0.3, -0.25) is 4.79 Å². The second-order valence-electron chi connectivity index (χ2n) is 4.18. The van der Waals surface area contributed by atoms with Crippen molar-refractivity contribution in [2.75, 3.05) is 13.1 Å². The van der Waals surface area contributed by atoms with E-state index in [0.717, 1.165) is 25.4 Å². The Bertz CT molecular complexity index is 163. The molecule has 1 fully saturated rings. The molecule has 1 aliphatic carbocycles. The molecule has 0 aromatic heterocycles. The van der Waals surface area contributed by atoms with Crippen LogP contribution in [0.25, 0.3) is 0 Å². The molecule has 0 aromatic rings. The van der Waals surface area contributed by atoms with Gasteiger partial charge in [0.2, 0.25) is 0 Å². The van der Waals surface area contributed by atoms with Crippen LogP contribution in [0.5, 0.6) is 0 Å². The number of nitrogens with one attached hydrogen (secondary N) is 1. The zero-order chi connectivity index (χ0) is 9.68. The quantitative estimate of drug-likeness (QED) is 0.682. The van der Waals surface area contributed by atoms with Crippen molar-refractivity contribution in [1.29, 1.82) is 0 Å². The van der Waals surface area contributed by atoms with Gasteiger partial charge in [-0.25, -0.2) is 0 Å². The minimum Gasteiger partial charge on any atom is -0.316 e. The first-order valence-corrected chi connectivity index (χ1v) is 5.47. The zero-order valence-corrected chi connectivity index (χ0v) is 8.81. The van der Waals surface area contributed by atoms with E-state index in [0.29, 0.717) is 5.78 Å². The van der Waals surface area contributed by atoms with Crippen molar-refractivity contribution >= 4 is 5.78 Å². The molecule has 0 saturated heterocycles. The van der Waals surface area contributed by atoms with Crippen molar-refractivity contribution in [3.8, 4) is 0 Å². The molecule has 0 spiro atoms. The molecule has 1 saturated carbocycles. The lowest BCUT2D eigenvalue weighted by atomic mass is 9.80. The van der Waals surface area contributed by atoms with Gasteiger partial charge in [0, 0.05) is 18.9 Å². The molecule has 0 amide bonds. The zero-order valence-electron chi connectivity index (χ0n) is 8.81. The number of carbonyl (C=O) groups is 1. The van der Waals surface area contributed by atoms with E-state index < -0.39 is 0 Å². The van der Waals surface area contributed by atoms with Crippen LogP contribution >= 0.6 is 0 Å². The number of rotatable bonds is 6. The molecular weight excluding hydrogens is 162 g/mol. The minimum absolute atomic E-state index is 0.209. The fourth-order valence-electron chi connectivity index (χ4n) is 1.66. The predicted octanol–water partition coefficient (Wildman–Crippen LogP) is 1.99. The largest absolute Gasteiger partial charge is 0.316 e. The van der Waals surface area contributed by atoms with E-state index in [1.807, 2.05) is 6.92 Å². The SMILES string of the molecule is CCNCC(C)C(=O)CC1CCC1. The van der Waals surface area contributed by atoms with Crippen LogP contribution in [0.4, 0.5) is 0 Å².